The molecule has 0 amide bonds. The average Bonchev–Trinajstić information content (AvgIpc) is 2.98. The molecule has 0 aliphatic heterocycles. The van der Waals surface area contributed by atoms with Gasteiger partial charge in [0.2, 0.25) is 0 Å². The van der Waals surface area contributed by atoms with Crippen molar-refractivity contribution in [3.8, 4) is 22.4 Å². The first-order valence-corrected chi connectivity index (χ1v) is 5.75. The zero-order valence-electron chi connectivity index (χ0n) is 10.3. The highest BCUT2D eigenvalue weighted by atomic mass is 16.5. The molecular formula is C14H13N3O. The summed E-state index contributed by atoms with van der Waals surface area (Å²) < 4.78 is 6.87. The van der Waals surface area contributed by atoms with E-state index in [1.54, 1.807) is 4.68 Å². The van der Waals surface area contributed by atoms with E-state index in [0.717, 1.165) is 28.1 Å². The number of hydrogen-bond donors (Lipinski definition) is 0. The van der Waals surface area contributed by atoms with Gasteiger partial charge in [-0.2, -0.15) is 5.10 Å². The van der Waals surface area contributed by atoms with Crippen LogP contribution in [0.5, 0.6) is 0 Å². The van der Waals surface area contributed by atoms with Gasteiger partial charge in [-0.25, -0.2) is 0 Å². The minimum atomic E-state index is 0.821. The van der Waals surface area contributed by atoms with E-state index in [1.165, 1.54) is 0 Å². The van der Waals surface area contributed by atoms with E-state index in [9.17, 15) is 0 Å². The minimum absolute atomic E-state index is 0.821. The van der Waals surface area contributed by atoms with Crippen molar-refractivity contribution in [2.45, 2.75) is 6.92 Å². The van der Waals surface area contributed by atoms with Crippen LogP contribution in [0.1, 0.15) is 5.76 Å². The van der Waals surface area contributed by atoms with E-state index in [4.69, 9.17) is 4.52 Å². The molecule has 0 aliphatic carbocycles. The van der Waals surface area contributed by atoms with Gasteiger partial charge in [0.15, 0.2) is 0 Å². The summed E-state index contributed by atoms with van der Waals surface area (Å²) >= 11 is 0. The number of aryl methyl sites for hydroxylation is 2. The summed E-state index contributed by atoms with van der Waals surface area (Å²) in [6.45, 7) is 1.89. The molecule has 0 saturated heterocycles. The summed E-state index contributed by atoms with van der Waals surface area (Å²) in [6.07, 6.45) is 3.85. The number of nitrogens with zero attached hydrogens (tertiary/aromatic N) is 3. The number of benzene rings is 1. The van der Waals surface area contributed by atoms with Crippen LogP contribution in [-0.4, -0.2) is 14.9 Å². The van der Waals surface area contributed by atoms with Crippen molar-refractivity contribution in [3.63, 3.8) is 0 Å². The molecule has 2 aromatic heterocycles. The van der Waals surface area contributed by atoms with Crippen LogP contribution in [0.3, 0.4) is 0 Å². The van der Waals surface area contributed by atoms with Gasteiger partial charge >= 0.3 is 0 Å². The molecule has 0 fully saturated rings. The Labute approximate surface area is 105 Å². The van der Waals surface area contributed by atoms with Crippen molar-refractivity contribution in [3.05, 3.63) is 48.5 Å². The van der Waals surface area contributed by atoms with Crippen molar-refractivity contribution < 1.29 is 4.52 Å². The molecule has 0 spiro atoms. The summed E-state index contributed by atoms with van der Waals surface area (Å²) in [4.78, 5) is 0. The fraction of sp³-hybridized carbons (Fsp3) is 0.143. The van der Waals surface area contributed by atoms with Gasteiger partial charge in [-0.05, 0) is 12.5 Å². The van der Waals surface area contributed by atoms with Crippen LogP contribution in [0.15, 0.2) is 47.2 Å². The minimum Gasteiger partial charge on any atom is -0.361 e. The summed E-state index contributed by atoms with van der Waals surface area (Å²) in [5, 5.41) is 8.17. The highest BCUT2D eigenvalue weighted by molar-refractivity contribution is 5.67. The monoisotopic (exact) mass is 239 g/mol. The molecule has 0 saturated carbocycles. The van der Waals surface area contributed by atoms with Crippen LogP contribution in [0, 0.1) is 6.92 Å². The van der Waals surface area contributed by atoms with Crippen LogP contribution in [-0.2, 0) is 7.05 Å². The molecule has 4 nitrogen and oxygen atoms in total. The summed E-state index contributed by atoms with van der Waals surface area (Å²) in [7, 11) is 1.91. The zero-order chi connectivity index (χ0) is 12.5. The molecule has 3 rings (SSSR count). The lowest BCUT2D eigenvalue weighted by Crippen LogP contribution is -1.84. The molecule has 1 aromatic carbocycles. The van der Waals surface area contributed by atoms with Crippen LogP contribution < -0.4 is 0 Å². The Hall–Kier alpha value is -2.36. The van der Waals surface area contributed by atoms with E-state index in [2.05, 4.69) is 22.4 Å². The standard InChI is InChI=1S/C14H13N3O/c1-10-7-14(16-18-10)12-5-3-11(4-6-12)13-8-15-17(2)9-13/h3-9H,1-2H3. The molecule has 0 atom stereocenters. The van der Waals surface area contributed by atoms with Gasteiger partial charge < -0.3 is 4.52 Å². The lowest BCUT2D eigenvalue weighted by molar-refractivity contribution is 0.399. The van der Waals surface area contributed by atoms with Gasteiger partial charge in [-0.1, -0.05) is 29.4 Å². The number of aromatic nitrogens is 3. The molecule has 0 N–H and O–H groups in total. The van der Waals surface area contributed by atoms with Crippen molar-refractivity contribution in [2.75, 3.05) is 0 Å². The molecule has 0 radical (unpaired) electrons. The third kappa shape index (κ3) is 1.93. The Kier molecular flexibility index (Phi) is 2.48. The second-order valence-corrected chi connectivity index (χ2v) is 4.30. The molecule has 3 aromatic rings. The first-order chi connectivity index (χ1) is 8.72. The highest BCUT2D eigenvalue weighted by Crippen LogP contribution is 2.24. The Balaban J connectivity index is 1.94. The van der Waals surface area contributed by atoms with Gasteiger partial charge in [0, 0.05) is 30.4 Å². The Morgan fingerprint density at radius 3 is 2.33 bits per heavy atom. The van der Waals surface area contributed by atoms with Crippen LogP contribution in [0.2, 0.25) is 0 Å². The lowest BCUT2D eigenvalue weighted by atomic mass is 10.1. The molecule has 4 heteroatoms. The van der Waals surface area contributed by atoms with E-state index in [1.807, 2.05) is 44.6 Å². The van der Waals surface area contributed by atoms with Gasteiger partial charge in [0.1, 0.15) is 11.5 Å². The summed E-state index contributed by atoms with van der Waals surface area (Å²) in [5.74, 6) is 0.821. The van der Waals surface area contributed by atoms with E-state index in [0.29, 0.717) is 0 Å². The fourth-order valence-electron chi connectivity index (χ4n) is 1.91. The molecule has 0 bridgehead atoms. The molecular weight excluding hydrogens is 226 g/mol. The van der Waals surface area contributed by atoms with Gasteiger partial charge in [0.25, 0.3) is 0 Å². The van der Waals surface area contributed by atoms with Crippen LogP contribution in [0.4, 0.5) is 0 Å². The van der Waals surface area contributed by atoms with Crippen molar-refractivity contribution in [1.82, 2.24) is 14.9 Å². The van der Waals surface area contributed by atoms with Gasteiger partial charge in [0.05, 0.1) is 6.20 Å². The van der Waals surface area contributed by atoms with Crippen molar-refractivity contribution in [1.29, 1.82) is 0 Å². The SMILES string of the molecule is Cc1cc(-c2ccc(-c3cnn(C)c3)cc2)no1. The molecule has 90 valence electrons. The Bertz CT molecular complexity index is 605. The quantitative estimate of drug-likeness (QED) is 0.690. The van der Waals surface area contributed by atoms with Crippen molar-refractivity contribution in [2.24, 2.45) is 7.05 Å². The Morgan fingerprint density at radius 2 is 1.78 bits per heavy atom. The molecule has 18 heavy (non-hydrogen) atoms. The number of hydrogen-bond acceptors (Lipinski definition) is 3. The Morgan fingerprint density at radius 1 is 1.06 bits per heavy atom. The van der Waals surface area contributed by atoms with Crippen LogP contribution in [0.25, 0.3) is 22.4 Å². The third-order valence-corrected chi connectivity index (χ3v) is 2.85. The average molecular weight is 239 g/mol. The second kappa shape index (κ2) is 4.14. The normalized spacial score (nSPS) is 10.8. The molecule has 2 heterocycles. The van der Waals surface area contributed by atoms with Crippen molar-refractivity contribution >= 4 is 0 Å². The second-order valence-electron chi connectivity index (χ2n) is 4.30. The molecule has 0 aliphatic rings. The summed E-state index contributed by atoms with van der Waals surface area (Å²) in [5.41, 5.74) is 4.18. The maximum atomic E-state index is 5.07. The summed E-state index contributed by atoms with van der Waals surface area (Å²) in [6, 6.07) is 10.1. The first kappa shape index (κ1) is 10.8. The first-order valence-electron chi connectivity index (χ1n) is 5.75. The molecule has 0 unspecified atom stereocenters. The highest BCUT2D eigenvalue weighted by Gasteiger charge is 2.05. The maximum Gasteiger partial charge on any atom is 0.134 e. The topological polar surface area (TPSA) is 43.9 Å². The van der Waals surface area contributed by atoms with Crippen LogP contribution >= 0.6 is 0 Å². The zero-order valence-corrected chi connectivity index (χ0v) is 10.3. The maximum absolute atomic E-state index is 5.07. The predicted octanol–water partition coefficient (Wildman–Crippen LogP) is 3.05. The largest absolute Gasteiger partial charge is 0.361 e. The lowest BCUT2D eigenvalue weighted by Gasteiger charge is -1.99. The number of rotatable bonds is 2. The van der Waals surface area contributed by atoms with E-state index < -0.39 is 0 Å². The smallest absolute Gasteiger partial charge is 0.134 e. The fourth-order valence-corrected chi connectivity index (χ4v) is 1.91. The predicted molar refractivity (Wildman–Crippen MR) is 68.9 cm³/mol. The van der Waals surface area contributed by atoms with E-state index >= 15 is 0 Å². The van der Waals surface area contributed by atoms with E-state index in [-0.39, 0.29) is 0 Å². The van der Waals surface area contributed by atoms with Gasteiger partial charge in [-0.3, -0.25) is 4.68 Å². The van der Waals surface area contributed by atoms with Gasteiger partial charge in [-0.15, -0.1) is 0 Å². The third-order valence-electron chi connectivity index (χ3n) is 2.85.